The van der Waals surface area contributed by atoms with Crippen LogP contribution < -0.4 is 10.1 Å². The summed E-state index contributed by atoms with van der Waals surface area (Å²) in [5, 5.41) is 13.3. The highest BCUT2D eigenvalue weighted by Crippen LogP contribution is 2.27. The SMILES string of the molecule is Cc1ccc(OCC(=O)Nc2cc([N+](=O)[O-])ccc2Br)cc1. The van der Waals surface area contributed by atoms with Crippen LogP contribution in [0.25, 0.3) is 0 Å². The number of hydrogen-bond donors (Lipinski definition) is 1. The molecular weight excluding hydrogens is 352 g/mol. The molecule has 0 aliphatic carbocycles. The quantitative estimate of drug-likeness (QED) is 0.647. The van der Waals surface area contributed by atoms with Gasteiger partial charge in [0.05, 0.1) is 10.6 Å². The van der Waals surface area contributed by atoms with E-state index in [2.05, 4.69) is 21.2 Å². The number of halogens is 1. The van der Waals surface area contributed by atoms with Gasteiger partial charge >= 0.3 is 0 Å². The maximum atomic E-state index is 11.9. The smallest absolute Gasteiger partial charge is 0.271 e. The van der Waals surface area contributed by atoms with Gasteiger partial charge in [-0.2, -0.15) is 0 Å². The van der Waals surface area contributed by atoms with Crippen molar-refractivity contribution in [3.05, 3.63) is 62.6 Å². The average Bonchev–Trinajstić information content (AvgIpc) is 2.48. The molecule has 0 aromatic heterocycles. The number of non-ortho nitro benzene ring substituents is 1. The highest BCUT2D eigenvalue weighted by molar-refractivity contribution is 9.10. The number of amides is 1. The van der Waals surface area contributed by atoms with Gasteiger partial charge in [-0.1, -0.05) is 17.7 Å². The number of nitrogens with one attached hydrogen (secondary N) is 1. The van der Waals surface area contributed by atoms with Gasteiger partial charge in [0.25, 0.3) is 11.6 Å². The molecule has 2 rings (SSSR count). The number of nitrogens with zero attached hydrogens (tertiary/aromatic N) is 1. The minimum atomic E-state index is -0.523. The van der Waals surface area contributed by atoms with Crippen molar-refractivity contribution in [2.75, 3.05) is 11.9 Å². The van der Waals surface area contributed by atoms with Crippen molar-refractivity contribution in [3.8, 4) is 5.75 Å². The number of anilines is 1. The van der Waals surface area contributed by atoms with Gasteiger partial charge in [-0.3, -0.25) is 14.9 Å². The molecular formula is C15H13BrN2O4. The second-order valence-corrected chi connectivity index (χ2v) is 5.43. The molecule has 0 unspecified atom stereocenters. The molecule has 0 aliphatic rings. The second-order valence-electron chi connectivity index (χ2n) is 4.57. The van der Waals surface area contributed by atoms with E-state index in [4.69, 9.17) is 4.74 Å². The second kappa shape index (κ2) is 7.04. The van der Waals surface area contributed by atoms with E-state index in [1.165, 1.54) is 18.2 Å². The predicted octanol–water partition coefficient (Wildman–Crippen LogP) is 3.68. The highest BCUT2D eigenvalue weighted by atomic mass is 79.9. The minimum Gasteiger partial charge on any atom is -0.484 e. The zero-order valence-electron chi connectivity index (χ0n) is 11.7. The summed E-state index contributed by atoms with van der Waals surface area (Å²) in [6, 6.07) is 11.4. The van der Waals surface area contributed by atoms with Crippen molar-refractivity contribution in [2.45, 2.75) is 6.92 Å². The third-order valence-corrected chi connectivity index (χ3v) is 3.52. The number of rotatable bonds is 5. The Bertz CT molecular complexity index is 701. The molecule has 2 aromatic rings. The number of benzene rings is 2. The summed E-state index contributed by atoms with van der Waals surface area (Å²) < 4.78 is 5.91. The van der Waals surface area contributed by atoms with Crippen LogP contribution >= 0.6 is 15.9 Å². The lowest BCUT2D eigenvalue weighted by Crippen LogP contribution is -2.20. The van der Waals surface area contributed by atoms with Crippen molar-refractivity contribution in [1.29, 1.82) is 0 Å². The Labute approximate surface area is 135 Å². The molecule has 0 heterocycles. The molecule has 6 nitrogen and oxygen atoms in total. The normalized spacial score (nSPS) is 10.1. The first kappa shape index (κ1) is 16.0. The number of nitro benzene ring substituents is 1. The van der Waals surface area contributed by atoms with Crippen molar-refractivity contribution < 1.29 is 14.5 Å². The molecule has 22 heavy (non-hydrogen) atoms. The lowest BCUT2D eigenvalue weighted by molar-refractivity contribution is -0.384. The van der Waals surface area contributed by atoms with Crippen molar-refractivity contribution >= 4 is 33.2 Å². The molecule has 0 spiro atoms. The van der Waals surface area contributed by atoms with Crippen molar-refractivity contribution in [3.63, 3.8) is 0 Å². The Morgan fingerprint density at radius 3 is 2.59 bits per heavy atom. The van der Waals surface area contributed by atoms with Gasteiger partial charge in [0.1, 0.15) is 5.75 Å². The van der Waals surface area contributed by atoms with E-state index in [1.807, 2.05) is 19.1 Å². The Morgan fingerprint density at radius 2 is 1.95 bits per heavy atom. The van der Waals surface area contributed by atoms with E-state index in [-0.39, 0.29) is 12.3 Å². The van der Waals surface area contributed by atoms with E-state index in [9.17, 15) is 14.9 Å². The number of carbonyl (C=O) groups excluding carboxylic acids is 1. The summed E-state index contributed by atoms with van der Waals surface area (Å²) in [4.78, 5) is 22.1. The molecule has 0 bridgehead atoms. The first-order chi connectivity index (χ1) is 10.5. The fourth-order valence-corrected chi connectivity index (χ4v) is 2.04. The van der Waals surface area contributed by atoms with Gasteiger partial charge in [0.2, 0.25) is 0 Å². The Balaban J connectivity index is 1.98. The number of carbonyl (C=O) groups is 1. The van der Waals surface area contributed by atoms with Gasteiger partial charge < -0.3 is 10.1 Å². The fourth-order valence-electron chi connectivity index (χ4n) is 1.69. The molecule has 0 radical (unpaired) electrons. The van der Waals surface area contributed by atoms with Crippen LogP contribution in [-0.4, -0.2) is 17.4 Å². The highest BCUT2D eigenvalue weighted by Gasteiger charge is 2.12. The Kier molecular flexibility index (Phi) is 5.11. The van der Waals surface area contributed by atoms with Gasteiger partial charge in [0, 0.05) is 16.6 Å². The molecule has 0 aliphatic heterocycles. The summed E-state index contributed by atoms with van der Waals surface area (Å²) in [7, 11) is 0. The van der Waals surface area contributed by atoms with Gasteiger partial charge in [-0.15, -0.1) is 0 Å². The zero-order valence-corrected chi connectivity index (χ0v) is 13.3. The van der Waals surface area contributed by atoms with E-state index >= 15 is 0 Å². The maximum absolute atomic E-state index is 11.9. The monoisotopic (exact) mass is 364 g/mol. The molecule has 2 aromatic carbocycles. The van der Waals surface area contributed by atoms with E-state index in [0.29, 0.717) is 15.9 Å². The van der Waals surface area contributed by atoms with Crippen LogP contribution in [0.15, 0.2) is 46.9 Å². The average molecular weight is 365 g/mol. The third-order valence-electron chi connectivity index (χ3n) is 2.83. The standard InChI is InChI=1S/C15H13BrN2O4/c1-10-2-5-12(6-3-10)22-9-15(19)17-14-8-11(18(20)21)4-7-13(14)16/h2-8H,9H2,1H3,(H,17,19). The summed E-state index contributed by atoms with van der Waals surface area (Å²) in [6.45, 7) is 1.77. The van der Waals surface area contributed by atoms with Gasteiger partial charge in [0.15, 0.2) is 6.61 Å². The number of hydrogen-bond acceptors (Lipinski definition) is 4. The van der Waals surface area contributed by atoms with Crippen LogP contribution in [0.2, 0.25) is 0 Å². The summed E-state index contributed by atoms with van der Waals surface area (Å²) >= 11 is 3.23. The summed E-state index contributed by atoms with van der Waals surface area (Å²) in [6.07, 6.45) is 0. The van der Waals surface area contributed by atoms with Crippen LogP contribution in [-0.2, 0) is 4.79 Å². The third kappa shape index (κ3) is 4.29. The zero-order chi connectivity index (χ0) is 16.1. The molecule has 114 valence electrons. The molecule has 1 amide bonds. The maximum Gasteiger partial charge on any atom is 0.271 e. The number of ether oxygens (including phenoxy) is 1. The Morgan fingerprint density at radius 1 is 1.27 bits per heavy atom. The first-order valence-electron chi connectivity index (χ1n) is 6.39. The van der Waals surface area contributed by atoms with Crippen molar-refractivity contribution in [2.24, 2.45) is 0 Å². The number of aryl methyl sites for hydroxylation is 1. The van der Waals surface area contributed by atoms with Crippen LogP contribution in [0.1, 0.15) is 5.56 Å². The minimum absolute atomic E-state index is 0.0991. The topological polar surface area (TPSA) is 81.5 Å². The predicted molar refractivity (Wildman–Crippen MR) is 86.1 cm³/mol. The molecule has 0 saturated carbocycles. The molecule has 0 fully saturated rings. The van der Waals surface area contributed by atoms with Crippen LogP contribution in [0.3, 0.4) is 0 Å². The largest absolute Gasteiger partial charge is 0.484 e. The van der Waals surface area contributed by atoms with Gasteiger partial charge in [-0.05, 0) is 41.1 Å². The van der Waals surface area contributed by atoms with Gasteiger partial charge in [-0.25, -0.2) is 0 Å². The number of nitro groups is 1. The fraction of sp³-hybridized carbons (Fsp3) is 0.133. The van der Waals surface area contributed by atoms with Crippen LogP contribution in [0.4, 0.5) is 11.4 Å². The first-order valence-corrected chi connectivity index (χ1v) is 7.18. The van der Waals surface area contributed by atoms with Crippen LogP contribution in [0.5, 0.6) is 5.75 Å². The molecule has 0 atom stereocenters. The lowest BCUT2D eigenvalue weighted by atomic mass is 10.2. The molecule has 7 heteroatoms. The van der Waals surface area contributed by atoms with Crippen LogP contribution in [0, 0.1) is 17.0 Å². The Hall–Kier alpha value is -2.41. The summed E-state index contributed by atoms with van der Waals surface area (Å²) in [5.41, 5.74) is 1.32. The van der Waals surface area contributed by atoms with E-state index in [1.54, 1.807) is 12.1 Å². The summed E-state index contributed by atoms with van der Waals surface area (Å²) in [5.74, 6) is 0.181. The van der Waals surface area contributed by atoms with Crippen molar-refractivity contribution in [1.82, 2.24) is 0 Å². The van der Waals surface area contributed by atoms with E-state index < -0.39 is 10.8 Å². The van der Waals surface area contributed by atoms with E-state index in [0.717, 1.165) is 5.56 Å². The molecule has 1 N–H and O–H groups in total. The molecule has 0 saturated heterocycles. The lowest BCUT2D eigenvalue weighted by Gasteiger charge is -2.09.